The van der Waals surface area contributed by atoms with Gasteiger partial charge in [0.05, 0.1) is 23.0 Å². The highest BCUT2D eigenvalue weighted by atomic mass is 16.5. The molecule has 0 aliphatic heterocycles. The molecule has 6 nitrogen and oxygen atoms in total. The highest BCUT2D eigenvalue weighted by Crippen LogP contribution is 2.37. The van der Waals surface area contributed by atoms with Crippen molar-refractivity contribution in [3.05, 3.63) is 65.2 Å². The van der Waals surface area contributed by atoms with Crippen molar-refractivity contribution in [2.45, 2.75) is 31.7 Å². The van der Waals surface area contributed by atoms with E-state index in [2.05, 4.69) is 5.32 Å². The molecular formula is C23H20N2O4. The highest BCUT2D eigenvalue weighted by molar-refractivity contribution is 6.07. The van der Waals surface area contributed by atoms with Crippen LogP contribution in [0.3, 0.4) is 0 Å². The van der Waals surface area contributed by atoms with Gasteiger partial charge in [0.2, 0.25) is 0 Å². The van der Waals surface area contributed by atoms with Crippen LogP contribution in [-0.2, 0) is 16.0 Å². The van der Waals surface area contributed by atoms with E-state index in [0.717, 1.165) is 52.8 Å². The summed E-state index contributed by atoms with van der Waals surface area (Å²) < 4.78 is 10.8. The summed E-state index contributed by atoms with van der Waals surface area (Å²) in [5.41, 5.74) is 3.94. The molecular weight excluding hydrogens is 368 g/mol. The van der Waals surface area contributed by atoms with Gasteiger partial charge in [-0.15, -0.1) is 0 Å². The monoisotopic (exact) mass is 388 g/mol. The molecule has 0 radical (unpaired) electrons. The third-order valence-electron chi connectivity index (χ3n) is 5.28. The topological polar surface area (TPSA) is 81.4 Å². The van der Waals surface area contributed by atoms with Crippen molar-refractivity contribution in [1.29, 1.82) is 0 Å². The van der Waals surface area contributed by atoms with Gasteiger partial charge >= 0.3 is 5.97 Å². The zero-order chi connectivity index (χ0) is 19.8. The van der Waals surface area contributed by atoms with E-state index in [-0.39, 0.29) is 18.6 Å². The van der Waals surface area contributed by atoms with Gasteiger partial charge in [0.1, 0.15) is 5.76 Å². The first-order valence-electron chi connectivity index (χ1n) is 9.81. The van der Waals surface area contributed by atoms with Gasteiger partial charge in [-0.1, -0.05) is 18.2 Å². The molecule has 0 bridgehead atoms. The first-order valence-corrected chi connectivity index (χ1v) is 9.81. The van der Waals surface area contributed by atoms with Crippen molar-refractivity contribution in [3.8, 4) is 0 Å². The number of benzene rings is 1. The number of esters is 1. The number of nitrogens with zero attached hydrogens (tertiary/aromatic N) is 1. The van der Waals surface area contributed by atoms with Crippen LogP contribution in [0.4, 0.5) is 0 Å². The number of allylic oxidation sites excluding steroid dienone is 1. The number of hydrogen-bond donors (Lipinski definition) is 1. The minimum atomic E-state index is -0.481. The third-order valence-corrected chi connectivity index (χ3v) is 5.28. The Balaban J connectivity index is 1.50. The minimum absolute atomic E-state index is 0.238. The zero-order valence-corrected chi connectivity index (χ0v) is 15.8. The molecule has 146 valence electrons. The summed E-state index contributed by atoms with van der Waals surface area (Å²) in [4.78, 5) is 29.7. The predicted octanol–water partition coefficient (Wildman–Crippen LogP) is 3.75. The molecule has 2 aromatic heterocycles. The van der Waals surface area contributed by atoms with Gasteiger partial charge in [0, 0.05) is 11.4 Å². The number of aromatic nitrogens is 1. The Hall–Kier alpha value is -3.41. The van der Waals surface area contributed by atoms with Crippen molar-refractivity contribution in [2.24, 2.45) is 0 Å². The van der Waals surface area contributed by atoms with Crippen LogP contribution in [0.25, 0.3) is 22.6 Å². The number of pyridine rings is 1. The Morgan fingerprint density at radius 2 is 2.03 bits per heavy atom. The van der Waals surface area contributed by atoms with Crippen molar-refractivity contribution in [1.82, 2.24) is 10.3 Å². The second kappa shape index (κ2) is 7.20. The van der Waals surface area contributed by atoms with Crippen LogP contribution in [0.5, 0.6) is 0 Å². The van der Waals surface area contributed by atoms with E-state index in [1.165, 1.54) is 0 Å². The molecule has 5 rings (SSSR count). The fourth-order valence-corrected chi connectivity index (χ4v) is 3.76. The summed E-state index contributed by atoms with van der Waals surface area (Å²) in [7, 11) is 0. The van der Waals surface area contributed by atoms with Crippen LogP contribution in [0.1, 0.15) is 46.6 Å². The SMILES string of the molecule is O=C(COC(=O)c1c2c(nc3ccccc13)/C(=C\c1ccco1)CC2)NC1CC1. The third kappa shape index (κ3) is 3.53. The van der Waals surface area contributed by atoms with Gasteiger partial charge in [0.25, 0.3) is 5.91 Å². The van der Waals surface area contributed by atoms with Gasteiger partial charge in [-0.25, -0.2) is 9.78 Å². The number of furan rings is 1. The smallest absolute Gasteiger partial charge is 0.339 e. The van der Waals surface area contributed by atoms with Crippen molar-refractivity contribution >= 4 is 34.4 Å². The van der Waals surface area contributed by atoms with Gasteiger partial charge in [0.15, 0.2) is 6.61 Å². The fraction of sp³-hybridized carbons (Fsp3) is 0.261. The van der Waals surface area contributed by atoms with E-state index < -0.39 is 5.97 Å². The molecule has 1 saturated carbocycles. The van der Waals surface area contributed by atoms with Gasteiger partial charge < -0.3 is 14.5 Å². The lowest BCUT2D eigenvalue weighted by Crippen LogP contribution is -2.30. The number of amides is 1. The molecule has 0 unspecified atom stereocenters. The molecule has 1 amide bonds. The van der Waals surface area contributed by atoms with E-state index in [1.807, 2.05) is 42.5 Å². The molecule has 0 saturated heterocycles. The van der Waals surface area contributed by atoms with Crippen LogP contribution in [0, 0.1) is 0 Å². The quantitative estimate of drug-likeness (QED) is 0.673. The minimum Gasteiger partial charge on any atom is -0.465 e. The van der Waals surface area contributed by atoms with Gasteiger partial charge in [-0.2, -0.15) is 0 Å². The van der Waals surface area contributed by atoms with Crippen LogP contribution < -0.4 is 5.32 Å². The summed E-state index contributed by atoms with van der Waals surface area (Å²) in [5.74, 6) is 0.0167. The second-order valence-electron chi connectivity index (χ2n) is 7.43. The number of hydrogen-bond acceptors (Lipinski definition) is 5. The molecule has 29 heavy (non-hydrogen) atoms. The number of nitrogens with one attached hydrogen (secondary N) is 1. The lowest BCUT2D eigenvalue weighted by atomic mass is 10.0. The van der Waals surface area contributed by atoms with E-state index >= 15 is 0 Å². The van der Waals surface area contributed by atoms with Crippen LogP contribution in [-0.4, -0.2) is 29.5 Å². The first-order chi connectivity index (χ1) is 14.2. The van der Waals surface area contributed by atoms with E-state index in [0.29, 0.717) is 12.0 Å². The molecule has 6 heteroatoms. The fourth-order valence-electron chi connectivity index (χ4n) is 3.76. The molecule has 2 aliphatic rings. The Morgan fingerprint density at radius 1 is 1.17 bits per heavy atom. The highest BCUT2D eigenvalue weighted by Gasteiger charge is 2.29. The van der Waals surface area contributed by atoms with Gasteiger partial charge in [-0.05, 0) is 61.1 Å². The van der Waals surface area contributed by atoms with Crippen molar-refractivity contribution in [3.63, 3.8) is 0 Å². The molecule has 1 fully saturated rings. The molecule has 2 aliphatic carbocycles. The van der Waals surface area contributed by atoms with E-state index in [4.69, 9.17) is 14.1 Å². The summed E-state index contributed by atoms with van der Waals surface area (Å²) >= 11 is 0. The standard InChI is InChI=1S/C23H20N2O4/c26-20(24-15-8-9-15)13-29-23(27)21-17-5-1-2-6-19(17)25-22-14(7-10-18(21)22)12-16-4-3-11-28-16/h1-6,11-12,15H,7-10,13H2,(H,24,26)/b14-12-. The molecule has 0 atom stereocenters. The summed E-state index contributed by atoms with van der Waals surface area (Å²) in [5, 5.41) is 3.58. The molecule has 1 aromatic carbocycles. The Morgan fingerprint density at radius 3 is 2.83 bits per heavy atom. The summed E-state index contributed by atoms with van der Waals surface area (Å²) in [6, 6.07) is 11.5. The average Bonchev–Trinajstić information content (AvgIpc) is 3.22. The first kappa shape index (κ1) is 17.7. The number of carbonyl (C=O) groups is 2. The maximum Gasteiger partial charge on any atom is 0.339 e. The normalized spacial score (nSPS) is 16.8. The van der Waals surface area contributed by atoms with Crippen LogP contribution in [0.15, 0.2) is 47.1 Å². The molecule has 0 spiro atoms. The number of ether oxygens (including phenoxy) is 1. The predicted molar refractivity (Wildman–Crippen MR) is 108 cm³/mol. The number of rotatable bonds is 5. The van der Waals surface area contributed by atoms with Gasteiger partial charge in [-0.3, -0.25) is 4.79 Å². The number of carbonyl (C=O) groups excluding carboxylic acids is 2. The maximum atomic E-state index is 13.0. The maximum absolute atomic E-state index is 13.0. The largest absolute Gasteiger partial charge is 0.465 e. The van der Waals surface area contributed by atoms with Crippen molar-refractivity contribution < 1.29 is 18.7 Å². The molecule has 3 aromatic rings. The lowest BCUT2D eigenvalue weighted by Gasteiger charge is -2.12. The number of para-hydroxylation sites is 1. The summed E-state index contributed by atoms with van der Waals surface area (Å²) in [6.45, 7) is -0.268. The molecule has 1 N–H and O–H groups in total. The van der Waals surface area contributed by atoms with E-state index in [1.54, 1.807) is 6.26 Å². The Labute approximate surface area is 167 Å². The lowest BCUT2D eigenvalue weighted by molar-refractivity contribution is -0.124. The second-order valence-corrected chi connectivity index (χ2v) is 7.43. The van der Waals surface area contributed by atoms with Crippen LogP contribution >= 0.6 is 0 Å². The van der Waals surface area contributed by atoms with E-state index in [9.17, 15) is 9.59 Å². The molecule has 2 heterocycles. The Kier molecular flexibility index (Phi) is 4.39. The van der Waals surface area contributed by atoms with Crippen LogP contribution in [0.2, 0.25) is 0 Å². The zero-order valence-electron chi connectivity index (χ0n) is 15.8. The average molecular weight is 388 g/mol. The summed E-state index contributed by atoms with van der Waals surface area (Å²) in [6.07, 6.45) is 7.04. The number of fused-ring (bicyclic) bond motifs is 2. The van der Waals surface area contributed by atoms with Crippen molar-refractivity contribution in [2.75, 3.05) is 6.61 Å². The Bertz CT molecular complexity index is 1130.